The van der Waals surface area contributed by atoms with Crippen LogP contribution in [0.4, 0.5) is 0 Å². The van der Waals surface area contributed by atoms with Crippen LogP contribution in [0.5, 0.6) is 11.5 Å². The van der Waals surface area contributed by atoms with Crippen LogP contribution in [0.1, 0.15) is 32.3 Å². The molecule has 3 rings (SSSR count). The van der Waals surface area contributed by atoms with Crippen molar-refractivity contribution < 1.29 is 19.4 Å². The molecule has 1 aromatic carbocycles. The molecule has 0 saturated carbocycles. The Morgan fingerprint density at radius 1 is 1.32 bits per heavy atom. The highest BCUT2D eigenvalue weighted by Gasteiger charge is 2.34. The largest absolute Gasteiger partial charge is 0.481 e. The lowest BCUT2D eigenvalue weighted by molar-refractivity contribution is -0.145. The highest BCUT2D eigenvalue weighted by atomic mass is 35.5. The molecule has 1 fully saturated rings. The van der Waals surface area contributed by atoms with Crippen molar-refractivity contribution in [1.82, 2.24) is 4.90 Å². The summed E-state index contributed by atoms with van der Waals surface area (Å²) in [5, 5.41) is 9.79. The fraction of sp³-hybridized carbons (Fsp3) is 0.562. The van der Waals surface area contributed by atoms with Crippen LogP contribution in [0.25, 0.3) is 0 Å². The maximum atomic E-state index is 11.2. The molecule has 1 saturated heterocycles. The van der Waals surface area contributed by atoms with E-state index < -0.39 is 5.97 Å². The average molecular weight is 326 g/mol. The number of hydrogen-bond acceptors (Lipinski definition) is 4. The van der Waals surface area contributed by atoms with Crippen molar-refractivity contribution in [2.45, 2.75) is 45.3 Å². The predicted molar refractivity (Wildman–Crippen MR) is 82.4 cm³/mol. The minimum absolute atomic E-state index is 0.204. The van der Waals surface area contributed by atoms with Gasteiger partial charge in [0.15, 0.2) is 11.5 Å². The van der Waals surface area contributed by atoms with E-state index in [1.165, 1.54) is 0 Å². The minimum atomic E-state index is -0.690. The zero-order valence-electron chi connectivity index (χ0n) is 12.7. The maximum absolute atomic E-state index is 11.2. The quantitative estimate of drug-likeness (QED) is 0.925. The summed E-state index contributed by atoms with van der Waals surface area (Å²) in [6.07, 6.45) is 1.36. The summed E-state index contributed by atoms with van der Waals surface area (Å²) >= 11 is 6.23. The van der Waals surface area contributed by atoms with Crippen molar-refractivity contribution in [1.29, 1.82) is 0 Å². The molecule has 2 atom stereocenters. The lowest BCUT2D eigenvalue weighted by atomic mass is 9.87. The van der Waals surface area contributed by atoms with E-state index in [1.807, 2.05) is 12.1 Å². The molecule has 120 valence electrons. The number of halogens is 1. The van der Waals surface area contributed by atoms with Crippen molar-refractivity contribution in [2.24, 2.45) is 5.92 Å². The molecule has 6 heteroatoms. The summed E-state index contributed by atoms with van der Waals surface area (Å²) in [7, 11) is 0. The molecule has 0 aromatic heterocycles. The lowest BCUT2D eigenvalue weighted by Crippen LogP contribution is -2.47. The molecule has 1 aromatic rings. The van der Waals surface area contributed by atoms with Gasteiger partial charge in [0.25, 0.3) is 0 Å². The zero-order chi connectivity index (χ0) is 15.9. The lowest BCUT2D eigenvalue weighted by Gasteiger charge is -2.41. The van der Waals surface area contributed by atoms with E-state index >= 15 is 0 Å². The van der Waals surface area contributed by atoms with E-state index in [-0.39, 0.29) is 24.8 Å². The van der Waals surface area contributed by atoms with E-state index in [0.29, 0.717) is 29.4 Å². The first-order valence-corrected chi connectivity index (χ1v) is 7.90. The van der Waals surface area contributed by atoms with Crippen LogP contribution in [0.15, 0.2) is 12.1 Å². The number of carboxylic acids is 1. The number of hydrogen-bond donors (Lipinski definition) is 1. The van der Waals surface area contributed by atoms with Crippen LogP contribution in [-0.4, -0.2) is 34.9 Å². The van der Waals surface area contributed by atoms with Gasteiger partial charge in [0.05, 0.1) is 10.9 Å². The first-order valence-electron chi connectivity index (χ1n) is 7.52. The molecule has 2 heterocycles. The third-order valence-electron chi connectivity index (χ3n) is 4.58. The number of carbonyl (C=O) groups is 1. The normalized spacial score (nSPS) is 27.9. The van der Waals surface area contributed by atoms with E-state index in [4.69, 9.17) is 21.1 Å². The second-order valence-electron chi connectivity index (χ2n) is 6.19. The molecule has 0 amide bonds. The number of nitrogens with zero attached hydrogens (tertiary/aromatic N) is 1. The molecule has 22 heavy (non-hydrogen) atoms. The van der Waals surface area contributed by atoms with Crippen LogP contribution in [0, 0.1) is 5.92 Å². The van der Waals surface area contributed by atoms with Crippen molar-refractivity contribution in [3.05, 3.63) is 22.7 Å². The molecular formula is C16H20ClNO4. The number of fused-ring (bicyclic) bond motifs is 1. The zero-order valence-corrected chi connectivity index (χ0v) is 13.5. The number of rotatable bonds is 3. The van der Waals surface area contributed by atoms with Crippen molar-refractivity contribution in [2.75, 3.05) is 6.79 Å². The average Bonchev–Trinajstić information content (AvgIpc) is 2.91. The van der Waals surface area contributed by atoms with Gasteiger partial charge >= 0.3 is 5.97 Å². The first-order chi connectivity index (χ1) is 10.5. The number of ether oxygens (including phenoxy) is 2. The van der Waals surface area contributed by atoms with Crippen molar-refractivity contribution in [3.63, 3.8) is 0 Å². The first kappa shape index (κ1) is 15.4. The van der Waals surface area contributed by atoms with Crippen molar-refractivity contribution >= 4 is 17.6 Å². The van der Waals surface area contributed by atoms with Gasteiger partial charge in [-0.15, -0.1) is 0 Å². The third-order valence-corrected chi connectivity index (χ3v) is 4.87. The van der Waals surface area contributed by atoms with E-state index in [9.17, 15) is 9.90 Å². The standard InChI is InChI=1S/C16H20ClNO4/c1-9-3-12(16(19)20)4-10(2)18(9)7-11-5-13(17)15-14(6-11)21-8-22-15/h5-6,9-10,12H,3-4,7-8H2,1-2H3,(H,19,20). The predicted octanol–water partition coefficient (Wildman–Crippen LogP) is 3.14. The number of likely N-dealkylation sites (tertiary alicyclic amines) is 1. The van der Waals surface area contributed by atoms with Gasteiger partial charge in [-0.05, 0) is 44.4 Å². The van der Waals surface area contributed by atoms with Gasteiger partial charge in [0.2, 0.25) is 6.79 Å². The summed E-state index contributed by atoms with van der Waals surface area (Å²) in [5.74, 6) is 0.352. The number of benzene rings is 1. The molecule has 2 aliphatic heterocycles. The fourth-order valence-electron chi connectivity index (χ4n) is 3.46. The Kier molecular flexibility index (Phi) is 4.19. The monoisotopic (exact) mass is 325 g/mol. The van der Waals surface area contributed by atoms with Crippen molar-refractivity contribution in [3.8, 4) is 11.5 Å². The molecule has 0 spiro atoms. The molecule has 0 bridgehead atoms. The summed E-state index contributed by atoms with van der Waals surface area (Å²) < 4.78 is 10.7. The van der Waals surface area contributed by atoms with E-state index in [2.05, 4.69) is 18.7 Å². The molecular weight excluding hydrogens is 306 g/mol. The van der Waals surface area contributed by atoms with Crippen LogP contribution < -0.4 is 9.47 Å². The van der Waals surface area contributed by atoms with Crippen LogP contribution in [0.3, 0.4) is 0 Å². The number of aliphatic carboxylic acids is 1. The molecule has 0 radical (unpaired) electrons. The minimum Gasteiger partial charge on any atom is -0.481 e. The Hall–Kier alpha value is -1.46. The summed E-state index contributed by atoms with van der Waals surface area (Å²) in [4.78, 5) is 13.5. The second-order valence-corrected chi connectivity index (χ2v) is 6.60. The van der Waals surface area contributed by atoms with E-state index in [0.717, 1.165) is 12.1 Å². The smallest absolute Gasteiger partial charge is 0.306 e. The fourth-order valence-corrected chi connectivity index (χ4v) is 3.75. The molecule has 1 N–H and O–H groups in total. The Morgan fingerprint density at radius 2 is 2.00 bits per heavy atom. The Morgan fingerprint density at radius 3 is 2.64 bits per heavy atom. The highest BCUT2D eigenvalue weighted by molar-refractivity contribution is 6.32. The number of carboxylic acid groups (broad SMARTS) is 1. The molecule has 0 aliphatic carbocycles. The van der Waals surface area contributed by atoms with Gasteiger partial charge in [-0.2, -0.15) is 0 Å². The third kappa shape index (κ3) is 2.88. The van der Waals surface area contributed by atoms with E-state index in [1.54, 1.807) is 0 Å². The highest BCUT2D eigenvalue weighted by Crippen LogP contribution is 2.40. The van der Waals surface area contributed by atoms with Gasteiger partial charge in [0, 0.05) is 18.6 Å². The summed E-state index contributed by atoms with van der Waals surface area (Å²) in [6, 6.07) is 4.29. The van der Waals surface area contributed by atoms with Gasteiger partial charge in [-0.3, -0.25) is 9.69 Å². The van der Waals surface area contributed by atoms with Crippen LogP contribution >= 0.6 is 11.6 Å². The van der Waals surface area contributed by atoms with Crippen LogP contribution in [-0.2, 0) is 11.3 Å². The Labute approximate surface area is 134 Å². The van der Waals surface area contributed by atoms with Gasteiger partial charge < -0.3 is 14.6 Å². The molecule has 2 unspecified atom stereocenters. The Balaban J connectivity index is 1.76. The van der Waals surface area contributed by atoms with Gasteiger partial charge in [-0.1, -0.05) is 11.6 Å². The van der Waals surface area contributed by atoms with Gasteiger partial charge in [0.1, 0.15) is 0 Å². The topological polar surface area (TPSA) is 59.0 Å². The second kappa shape index (κ2) is 5.97. The van der Waals surface area contributed by atoms with Crippen LogP contribution in [0.2, 0.25) is 5.02 Å². The number of piperidine rings is 1. The molecule has 5 nitrogen and oxygen atoms in total. The molecule has 2 aliphatic rings. The summed E-state index contributed by atoms with van der Waals surface area (Å²) in [5.41, 5.74) is 1.06. The summed E-state index contributed by atoms with van der Waals surface area (Å²) in [6.45, 7) is 5.10. The van der Waals surface area contributed by atoms with Gasteiger partial charge in [-0.25, -0.2) is 0 Å². The maximum Gasteiger partial charge on any atom is 0.306 e. The Bertz CT molecular complexity index is 580. The SMILES string of the molecule is CC1CC(C(=O)O)CC(C)N1Cc1cc(Cl)c2c(c1)OCO2.